The highest BCUT2D eigenvalue weighted by molar-refractivity contribution is 5.73. The number of para-hydroxylation sites is 1. The average molecular weight is 444 g/mol. The molecule has 1 fully saturated rings. The molecule has 170 valence electrons. The molecule has 1 aliphatic rings. The summed E-state index contributed by atoms with van der Waals surface area (Å²) in [6.45, 7) is 5.53. The predicted molar refractivity (Wildman–Crippen MR) is 93.9 cm³/mol. The van der Waals surface area contributed by atoms with Crippen molar-refractivity contribution in [3.05, 3.63) is 29.8 Å². The number of carboxylic acid groups (broad SMARTS) is 1. The number of hydrogen-bond donors (Lipinski definition) is 1. The van der Waals surface area contributed by atoms with Gasteiger partial charge >= 0.3 is 18.3 Å². The molecule has 0 saturated carbocycles. The van der Waals surface area contributed by atoms with E-state index in [-0.39, 0.29) is 18.3 Å². The number of carbonyl (C=O) groups excluding carboxylic acids is 1. The maximum Gasteiger partial charge on any atom is 0.490 e. The molecule has 1 aromatic carbocycles. The lowest BCUT2D eigenvalue weighted by molar-refractivity contribution is -0.192. The Labute approximate surface area is 169 Å². The fourth-order valence-corrected chi connectivity index (χ4v) is 2.58. The van der Waals surface area contributed by atoms with Gasteiger partial charge in [0.1, 0.15) is 5.75 Å². The summed E-state index contributed by atoms with van der Waals surface area (Å²) in [5, 5.41) is 7.12. The molecule has 1 saturated heterocycles. The van der Waals surface area contributed by atoms with Crippen LogP contribution in [0.2, 0.25) is 0 Å². The van der Waals surface area contributed by atoms with Gasteiger partial charge in [-0.2, -0.15) is 26.3 Å². The largest absolute Gasteiger partial charge is 0.493 e. The summed E-state index contributed by atoms with van der Waals surface area (Å²) in [6, 6.07) is 5.25. The van der Waals surface area contributed by atoms with Gasteiger partial charge in [-0.25, -0.2) is 4.79 Å². The predicted octanol–water partition coefficient (Wildman–Crippen LogP) is 3.27. The van der Waals surface area contributed by atoms with E-state index >= 15 is 0 Å². The van der Waals surface area contributed by atoms with Crippen LogP contribution in [0.1, 0.15) is 18.9 Å². The Balaban J connectivity index is 0.000000553. The van der Waals surface area contributed by atoms with Crippen LogP contribution in [0.15, 0.2) is 24.3 Å². The number of aliphatic carboxylic acids is 1. The molecule has 1 heterocycles. The summed E-state index contributed by atoms with van der Waals surface area (Å²) in [7, 11) is 0. The first-order valence-corrected chi connectivity index (χ1v) is 8.89. The third-order valence-corrected chi connectivity index (χ3v) is 4.13. The molecule has 6 nitrogen and oxygen atoms in total. The quantitative estimate of drug-likeness (QED) is 0.558. The number of alkyl halides is 6. The lowest BCUT2D eigenvalue weighted by Crippen LogP contribution is -2.48. The third-order valence-electron chi connectivity index (χ3n) is 4.13. The number of carbonyl (C=O) groups is 2. The topological polar surface area (TPSA) is 70.1 Å². The Bertz CT molecular complexity index is 701. The normalized spacial score (nSPS) is 15.2. The molecule has 1 N–H and O–H groups in total. The van der Waals surface area contributed by atoms with Gasteiger partial charge in [0, 0.05) is 39.6 Å². The Morgan fingerprint density at radius 2 is 1.57 bits per heavy atom. The Kier molecular flexibility index (Phi) is 9.40. The minimum Gasteiger partial charge on any atom is -0.493 e. The van der Waals surface area contributed by atoms with Crippen LogP contribution in [0.3, 0.4) is 0 Å². The van der Waals surface area contributed by atoms with Gasteiger partial charge in [-0.05, 0) is 18.6 Å². The van der Waals surface area contributed by atoms with Crippen molar-refractivity contribution in [3.8, 4) is 5.75 Å². The minimum absolute atomic E-state index is 0.0803. The monoisotopic (exact) mass is 444 g/mol. The number of hydrogen-bond acceptors (Lipinski definition) is 4. The second kappa shape index (κ2) is 11.0. The smallest absolute Gasteiger partial charge is 0.490 e. The zero-order valence-corrected chi connectivity index (χ0v) is 16.1. The molecule has 30 heavy (non-hydrogen) atoms. The van der Waals surface area contributed by atoms with Crippen molar-refractivity contribution in [1.82, 2.24) is 9.80 Å². The molecular weight excluding hydrogens is 422 g/mol. The number of ether oxygens (including phenoxy) is 1. The molecule has 0 bridgehead atoms. The fraction of sp³-hybridized carbons (Fsp3) is 0.556. The Morgan fingerprint density at radius 1 is 1.03 bits per heavy atom. The van der Waals surface area contributed by atoms with E-state index in [2.05, 4.69) is 4.90 Å². The van der Waals surface area contributed by atoms with Crippen molar-refractivity contribution in [2.75, 3.05) is 39.3 Å². The van der Waals surface area contributed by atoms with Gasteiger partial charge < -0.3 is 14.7 Å². The first-order valence-electron chi connectivity index (χ1n) is 8.89. The van der Waals surface area contributed by atoms with Crippen LogP contribution in [-0.2, 0) is 15.8 Å². The maximum absolute atomic E-state index is 12.8. The number of piperazine rings is 1. The fourth-order valence-electron chi connectivity index (χ4n) is 2.58. The zero-order chi connectivity index (χ0) is 22.9. The van der Waals surface area contributed by atoms with Gasteiger partial charge in [0.25, 0.3) is 0 Å². The highest BCUT2D eigenvalue weighted by Gasteiger charge is 2.38. The number of benzene rings is 1. The highest BCUT2D eigenvalue weighted by Crippen LogP contribution is 2.35. The lowest BCUT2D eigenvalue weighted by Gasteiger charge is -2.34. The van der Waals surface area contributed by atoms with Gasteiger partial charge in [-0.15, -0.1) is 0 Å². The number of halogens is 6. The Morgan fingerprint density at radius 3 is 2.03 bits per heavy atom. The van der Waals surface area contributed by atoms with Crippen molar-refractivity contribution in [3.63, 3.8) is 0 Å². The van der Waals surface area contributed by atoms with E-state index in [1.807, 2.05) is 0 Å². The average Bonchev–Trinajstić information content (AvgIpc) is 2.65. The second-order valence-corrected chi connectivity index (χ2v) is 6.35. The van der Waals surface area contributed by atoms with E-state index in [1.165, 1.54) is 18.2 Å². The molecular formula is C18H22F6N2O4. The molecule has 0 aliphatic carbocycles. The number of carboxylic acids is 1. The van der Waals surface area contributed by atoms with Crippen LogP contribution in [0.25, 0.3) is 0 Å². The lowest BCUT2D eigenvalue weighted by atomic mass is 10.2. The van der Waals surface area contributed by atoms with Crippen LogP contribution < -0.4 is 4.74 Å². The molecule has 0 spiro atoms. The van der Waals surface area contributed by atoms with E-state index < -0.39 is 23.9 Å². The van der Waals surface area contributed by atoms with E-state index in [1.54, 1.807) is 11.8 Å². The summed E-state index contributed by atoms with van der Waals surface area (Å²) in [4.78, 5) is 24.1. The van der Waals surface area contributed by atoms with Gasteiger partial charge in [-0.3, -0.25) is 9.69 Å². The number of amides is 1. The zero-order valence-electron chi connectivity index (χ0n) is 16.1. The molecule has 0 aromatic heterocycles. The molecule has 1 aromatic rings. The standard InChI is InChI=1S/C16H21F3N2O2.C2HF3O2/c1-13(22)21-10-8-20(9-11-21)7-4-12-23-15-6-3-2-5-14(15)16(17,18)19;3-2(4,5)1(6)7/h2-3,5-6H,4,7-12H2,1H3;(H,6,7). The number of rotatable bonds is 5. The van der Waals surface area contributed by atoms with E-state index in [4.69, 9.17) is 14.6 Å². The molecule has 2 rings (SSSR count). The summed E-state index contributed by atoms with van der Waals surface area (Å²) in [5.74, 6) is -2.80. The van der Waals surface area contributed by atoms with E-state index in [9.17, 15) is 31.1 Å². The van der Waals surface area contributed by atoms with Gasteiger partial charge in [0.15, 0.2) is 0 Å². The summed E-state index contributed by atoms with van der Waals surface area (Å²) in [5.41, 5.74) is -0.741. The van der Waals surface area contributed by atoms with Gasteiger partial charge in [-0.1, -0.05) is 12.1 Å². The highest BCUT2D eigenvalue weighted by atomic mass is 19.4. The van der Waals surface area contributed by atoms with Crippen LogP contribution in [0, 0.1) is 0 Å². The second-order valence-electron chi connectivity index (χ2n) is 6.35. The van der Waals surface area contributed by atoms with E-state index in [0.29, 0.717) is 19.5 Å². The summed E-state index contributed by atoms with van der Waals surface area (Å²) >= 11 is 0. The molecule has 0 unspecified atom stereocenters. The summed E-state index contributed by atoms with van der Waals surface area (Å²) in [6.07, 6.45) is -8.84. The number of nitrogens with zero attached hydrogens (tertiary/aromatic N) is 2. The Hall–Kier alpha value is -2.50. The molecule has 0 radical (unpaired) electrons. The first kappa shape index (κ1) is 25.5. The third kappa shape index (κ3) is 8.89. The van der Waals surface area contributed by atoms with Crippen molar-refractivity contribution < 1.29 is 45.8 Å². The van der Waals surface area contributed by atoms with Crippen molar-refractivity contribution >= 4 is 11.9 Å². The van der Waals surface area contributed by atoms with E-state index in [0.717, 1.165) is 25.7 Å². The molecule has 12 heteroatoms. The summed E-state index contributed by atoms with van der Waals surface area (Å²) < 4.78 is 75.5. The van der Waals surface area contributed by atoms with Crippen molar-refractivity contribution in [2.24, 2.45) is 0 Å². The first-order chi connectivity index (χ1) is 13.8. The maximum atomic E-state index is 12.8. The molecule has 1 amide bonds. The molecule has 1 aliphatic heterocycles. The van der Waals surface area contributed by atoms with Crippen LogP contribution in [0.4, 0.5) is 26.3 Å². The van der Waals surface area contributed by atoms with Crippen LogP contribution in [-0.4, -0.2) is 72.3 Å². The van der Waals surface area contributed by atoms with Crippen LogP contribution in [0.5, 0.6) is 5.75 Å². The van der Waals surface area contributed by atoms with Crippen molar-refractivity contribution in [1.29, 1.82) is 0 Å². The van der Waals surface area contributed by atoms with Crippen LogP contribution >= 0.6 is 0 Å². The minimum atomic E-state index is -5.08. The molecule has 0 atom stereocenters. The van der Waals surface area contributed by atoms with Gasteiger partial charge in [0.05, 0.1) is 12.2 Å². The van der Waals surface area contributed by atoms with Crippen molar-refractivity contribution in [2.45, 2.75) is 25.7 Å². The SMILES string of the molecule is CC(=O)N1CCN(CCCOc2ccccc2C(F)(F)F)CC1.O=C(O)C(F)(F)F. The van der Waals surface area contributed by atoms with Gasteiger partial charge in [0.2, 0.25) is 5.91 Å².